The van der Waals surface area contributed by atoms with Crippen molar-refractivity contribution in [2.45, 2.75) is 24.8 Å². The van der Waals surface area contributed by atoms with Crippen LogP contribution >= 0.6 is 0 Å². The standard InChI is InChI=1S/C17H20N2O4S/c1-12-7-8-15(23-12)9-10-17(20)19(3)13(2)14-5-4-6-16(11-14)24(18,21)22/h4-11,13H,1-3H3,(H2,18,21,22). The van der Waals surface area contributed by atoms with Crippen molar-refractivity contribution in [1.82, 2.24) is 4.90 Å². The molecule has 1 aromatic carbocycles. The maximum Gasteiger partial charge on any atom is 0.246 e. The lowest BCUT2D eigenvalue weighted by molar-refractivity contribution is -0.126. The van der Waals surface area contributed by atoms with E-state index in [4.69, 9.17) is 9.56 Å². The van der Waals surface area contributed by atoms with Crippen LogP contribution in [0.25, 0.3) is 6.08 Å². The molecule has 1 atom stereocenters. The number of carbonyl (C=O) groups excluding carboxylic acids is 1. The maximum atomic E-state index is 12.3. The van der Waals surface area contributed by atoms with Crippen molar-refractivity contribution in [3.8, 4) is 0 Å². The monoisotopic (exact) mass is 348 g/mol. The number of amides is 1. The number of hydrogen-bond acceptors (Lipinski definition) is 4. The molecule has 24 heavy (non-hydrogen) atoms. The second-order valence-electron chi connectivity index (χ2n) is 5.52. The molecule has 128 valence electrons. The molecular formula is C17H20N2O4S. The second-order valence-corrected chi connectivity index (χ2v) is 7.09. The summed E-state index contributed by atoms with van der Waals surface area (Å²) < 4.78 is 28.3. The van der Waals surface area contributed by atoms with Crippen molar-refractivity contribution in [2.24, 2.45) is 5.14 Å². The third-order valence-electron chi connectivity index (χ3n) is 3.75. The molecule has 0 aliphatic carbocycles. The van der Waals surface area contributed by atoms with Crippen LogP contribution in [0, 0.1) is 6.92 Å². The third-order valence-corrected chi connectivity index (χ3v) is 4.66. The van der Waals surface area contributed by atoms with Gasteiger partial charge in [0.05, 0.1) is 10.9 Å². The topological polar surface area (TPSA) is 93.6 Å². The summed E-state index contributed by atoms with van der Waals surface area (Å²) in [6, 6.07) is 9.53. The molecule has 0 bridgehead atoms. The minimum Gasteiger partial charge on any atom is -0.462 e. The average Bonchev–Trinajstić information content (AvgIpc) is 2.96. The molecule has 0 saturated heterocycles. The van der Waals surface area contributed by atoms with Crippen molar-refractivity contribution in [2.75, 3.05) is 7.05 Å². The van der Waals surface area contributed by atoms with Crippen LogP contribution in [0.15, 0.2) is 51.8 Å². The van der Waals surface area contributed by atoms with Crippen LogP contribution in [0.4, 0.5) is 0 Å². The van der Waals surface area contributed by atoms with E-state index in [0.29, 0.717) is 11.3 Å². The van der Waals surface area contributed by atoms with Gasteiger partial charge in [-0.05, 0) is 49.8 Å². The zero-order valence-corrected chi connectivity index (χ0v) is 14.6. The molecule has 0 fully saturated rings. The number of furan rings is 1. The molecule has 1 unspecified atom stereocenters. The molecule has 6 nitrogen and oxygen atoms in total. The first-order valence-electron chi connectivity index (χ1n) is 7.32. The summed E-state index contributed by atoms with van der Waals surface area (Å²) in [6.07, 6.45) is 3.01. The molecule has 0 spiro atoms. The van der Waals surface area contributed by atoms with E-state index in [0.717, 1.165) is 5.76 Å². The van der Waals surface area contributed by atoms with E-state index in [-0.39, 0.29) is 16.8 Å². The quantitative estimate of drug-likeness (QED) is 0.840. The Labute approximate surface area is 141 Å². The van der Waals surface area contributed by atoms with Gasteiger partial charge in [0.1, 0.15) is 11.5 Å². The first-order valence-corrected chi connectivity index (χ1v) is 8.87. The highest BCUT2D eigenvalue weighted by Crippen LogP contribution is 2.22. The van der Waals surface area contributed by atoms with Gasteiger partial charge in [0.15, 0.2) is 0 Å². The van der Waals surface area contributed by atoms with Gasteiger partial charge in [0.25, 0.3) is 0 Å². The Bertz CT molecular complexity index is 868. The average molecular weight is 348 g/mol. The summed E-state index contributed by atoms with van der Waals surface area (Å²) in [5.74, 6) is 1.14. The fourth-order valence-electron chi connectivity index (χ4n) is 2.18. The molecule has 0 saturated carbocycles. The number of carbonyl (C=O) groups is 1. The van der Waals surface area contributed by atoms with Crippen molar-refractivity contribution >= 4 is 22.0 Å². The SMILES string of the molecule is Cc1ccc(C=CC(=O)N(C)C(C)c2cccc(S(N)(=O)=O)c2)o1. The van der Waals surface area contributed by atoms with Crippen LogP contribution in [0.1, 0.15) is 30.0 Å². The van der Waals surface area contributed by atoms with Crippen LogP contribution in [0.3, 0.4) is 0 Å². The normalized spacial score (nSPS) is 13.2. The van der Waals surface area contributed by atoms with Gasteiger partial charge >= 0.3 is 0 Å². The molecule has 2 N–H and O–H groups in total. The van der Waals surface area contributed by atoms with E-state index in [1.165, 1.54) is 23.1 Å². The summed E-state index contributed by atoms with van der Waals surface area (Å²) in [7, 11) is -2.13. The maximum absolute atomic E-state index is 12.3. The molecule has 1 heterocycles. The fourth-order valence-corrected chi connectivity index (χ4v) is 2.75. The molecule has 0 aliphatic rings. The zero-order chi connectivity index (χ0) is 17.9. The Morgan fingerprint density at radius 1 is 1.29 bits per heavy atom. The fraction of sp³-hybridized carbons (Fsp3) is 0.235. The van der Waals surface area contributed by atoms with Crippen LogP contribution < -0.4 is 5.14 Å². The third kappa shape index (κ3) is 4.33. The lowest BCUT2D eigenvalue weighted by atomic mass is 10.1. The summed E-state index contributed by atoms with van der Waals surface area (Å²) in [5, 5.41) is 5.15. The van der Waals surface area contributed by atoms with Gasteiger partial charge in [-0.25, -0.2) is 13.6 Å². The summed E-state index contributed by atoms with van der Waals surface area (Å²) >= 11 is 0. The van der Waals surface area contributed by atoms with Crippen LogP contribution in [0.5, 0.6) is 0 Å². The van der Waals surface area contributed by atoms with E-state index in [1.807, 2.05) is 19.9 Å². The molecule has 2 aromatic rings. The zero-order valence-electron chi connectivity index (χ0n) is 13.8. The van der Waals surface area contributed by atoms with Crippen molar-refractivity contribution in [3.05, 3.63) is 59.6 Å². The molecule has 0 radical (unpaired) electrons. The molecule has 7 heteroatoms. The first-order chi connectivity index (χ1) is 11.2. The summed E-state index contributed by atoms with van der Waals surface area (Å²) in [6.45, 7) is 3.64. The Kier molecular flexibility index (Phi) is 5.26. The predicted molar refractivity (Wildman–Crippen MR) is 91.5 cm³/mol. The van der Waals surface area contributed by atoms with Gasteiger partial charge in [0.2, 0.25) is 15.9 Å². The number of sulfonamides is 1. The first kappa shape index (κ1) is 18.0. The van der Waals surface area contributed by atoms with Crippen molar-refractivity contribution in [1.29, 1.82) is 0 Å². The van der Waals surface area contributed by atoms with Crippen LogP contribution in [0.2, 0.25) is 0 Å². The van der Waals surface area contributed by atoms with Gasteiger partial charge in [-0.1, -0.05) is 12.1 Å². The summed E-state index contributed by atoms with van der Waals surface area (Å²) in [5.41, 5.74) is 0.680. The predicted octanol–water partition coefficient (Wildman–Crippen LogP) is 2.47. The second kappa shape index (κ2) is 7.02. The van der Waals surface area contributed by atoms with Gasteiger partial charge in [-0.2, -0.15) is 0 Å². The number of hydrogen-bond donors (Lipinski definition) is 1. The highest BCUT2D eigenvalue weighted by Gasteiger charge is 2.17. The number of aryl methyl sites for hydroxylation is 1. The van der Waals surface area contributed by atoms with Gasteiger partial charge in [-0.3, -0.25) is 4.79 Å². The molecule has 1 aromatic heterocycles. The van der Waals surface area contributed by atoms with Gasteiger partial charge in [0, 0.05) is 13.1 Å². The molecular weight excluding hydrogens is 328 g/mol. The Morgan fingerprint density at radius 3 is 2.58 bits per heavy atom. The number of rotatable bonds is 5. The van der Waals surface area contributed by atoms with E-state index in [2.05, 4.69) is 0 Å². The minimum atomic E-state index is -3.78. The van der Waals surface area contributed by atoms with E-state index in [9.17, 15) is 13.2 Å². The van der Waals surface area contributed by atoms with Gasteiger partial charge < -0.3 is 9.32 Å². The van der Waals surface area contributed by atoms with E-state index >= 15 is 0 Å². The lowest BCUT2D eigenvalue weighted by Gasteiger charge is -2.24. The van der Waals surface area contributed by atoms with Crippen molar-refractivity contribution < 1.29 is 17.6 Å². The highest BCUT2D eigenvalue weighted by molar-refractivity contribution is 7.89. The Morgan fingerprint density at radius 2 is 2.00 bits per heavy atom. The van der Waals surface area contributed by atoms with E-state index < -0.39 is 10.0 Å². The molecule has 1 amide bonds. The number of primary sulfonamides is 1. The number of benzene rings is 1. The molecule has 2 rings (SSSR count). The van der Waals surface area contributed by atoms with Crippen LogP contribution in [-0.4, -0.2) is 26.3 Å². The largest absolute Gasteiger partial charge is 0.462 e. The minimum absolute atomic E-state index is 0.0225. The highest BCUT2D eigenvalue weighted by atomic mass is 32.2. The number of likely N-dealkylation sites (N-methyl/N-ethyl adjacent to an activating group) is 1. The lowest BCUT2D eigenvalue weighted by Crippen LogP contribution is -2.28. The number of nitrogens with zero attached hydrogens (tertiary/aromatic N) is 1. The Balaban J connectivity index is 2.15. The van der Waals surface area contributed by atoms with Crippen LogP contribution in [-0.2, 0) is 14.8 Å². The van der Waals surface area contributed by atoms with E-state index in [1.54, 1.807) is 31.3 Å². The Hall–Kier alpha value is -2.38. The van der Waals surface area contributed by atoms with Gasteiger partial charge in [-0.15, -0.1) is 0 Å². The summed E-state index contributed by atoms with van der Waals surface area (Å²) in [4.78, 5) is 13.8. The smallest absolute Gasteiger partial charge is 0.246 e. The number of nitrogens with two attached hydrogens (primary N) is 1. The van der Waals surface area contributed by atoms with Crippen molar-refractivity contribution in [3.63, 3.8) is 0 Å². The molecule has 0 aliphatic heterocycles.